The van der Waals surface area contributed by atoms with E-state index in [4.69, 9.17) is 9.57 Å². The lowest BCUT2D eigenvalue weighted by Crippen LogP contribution is -2.22. The number of ether oxygens (including phenoxy) is 1. The monoisotopic (exact) mass is 451 g/mol. The molecule has 0 bridgehead atoms. The van der Waals surface area contributed by atoms with Gasteiger partial charge in [0, 0.05) is 24.4 Å². The van der Waals surface area contributed by atoms with Crippen LogP contribution in [-0.2, 0) is 21.2 Å². The zero-order chi connectivity index (χ0) is 22.6. The molecule has 164 valence electrons. The Kier molecular flexibility index (Phi) is 6.20. The molecule has 1 aromatic heterocycles. The van der Waals surface area contributed by atoms with Gasteiger partial charge in [0.2, 0.25) is 5.88 Å². The minimum atomic E-state index is -3.37. The number of rotatable bonds is 7. The molecule has 2 N–H and O–H groups in total. The molecule has 0 radical (unpaired) electrons. The minimum Gasteiger partial charge on any atom is -0.438 e. The number of sulfone groups is 1. The van der Waals surface area contributed by atoms with Crippen molar-refractivity contribution in [3.8, 4) is 5.75 Å². The van der Waals surface area contributed by atoms with Crippen LogP contribution in [0.4, 0.5) is 0 Å². The van der Waals surface area contributed by atoms with Gasteiger partial charge in [-0.1, -0.05) is 42.5 Å². The summed E-state index contributed by atoms with van der Waals surface area (Å²) in [6.45, 7) is 0.459. The number of nitrogens with one attached hydrogen (secondary N) is 2. The van der Waals surface area contributed by atoms with Gasteiger partial charge in [0.15, 0.2) is 14.9 Å². The van der Waals surface area contributed by atoms with Crippen LogP contribution in [0.2, 0.25) is 0 Å². The van der Waals surface area contributed by atoms with Crippen LogP contribution >= 0.6 is 0 Å². The number of nitrogens with zero attached hydrogens (tertiary/aromatic N) is 1. The van der Waals surface area contributed by atoms with E-state index in [9.17, 15) is 13.2 Å². The maximum absolute atomic E-state index is 12.4. The van der Waals surface area contributed by atoms with Gasteiger partial charge in [-0.3, -0.25) is 9.63 Å². The van der Waals surface area contributed by atoms with E-state index >= 15 is 0 Å². The standard InChI is InChI=1S/C23H21N3O5S/c1-32(28,29)22-12-11-19(15-24-22)30-21-13-20(31-26-21)17-7-9-18(10-8-17)23(27)25-14-16-5-3-2-4-6-16/h2-13,15,20,26H,14H2,1H3,(H,25,27). The van der Waals surface area contributed by atoms with E-state index < -0.39 is 15.9 Å². The summed E-state index contributed by atoms with van der Waals surface area (Å²) in [4.78, 5) is 21.8. The fraction of sp³-hybridized carbons (Fsp3) is 0.130. The number of pyridine rings is 1. The molecule has 1 atom stereocenters. The van der Waals surface area contributed by atoms with Crippen molar-refractivity contribution in [2.75, 3.05) is 6.26 Å². The average molecular weight is 452 g/mol. The maximum atomic E-state index is 12.4. The van der Waals surface area contributed by atoms with E-state index in [1.54, 1.807) is 18.2 Å². The van der Waals surface area contributed by atoms with Gasteiger partial charge in [0.05, 0.1) is 6.20 Å². The van der Waals surface area contributed by atoms with Crippen LogP contribution in [0.15, 0.2) is 89.9 Å². The SMILES string of the molecule is CS(=O)(=O)c1ccc(OC2=CC(c3ccc(C(=O)NCc4ccccc4)cc3)ON2)cn1. The fourth-order valence-corrected chi connectivity index (χ4v) is 3.58. The third-order valence-corrected chi connectivity index (χ3v) is 5.70. The Morgan fingerprint density at radius 2 is 1.84 bits per heavy atom. The van der Waals surface area contributed by atoms with Crippen LogP contribution in [0.1, 0.15) is 27.6 Å². The highest BCUT2D eigenvalue weighted by molar-refractivity contribution is 7.90. The summed E-state index contributed by atoms with van der Waals surface area (Å²) in [5.74, 6) is 0.565. The van der Waals surface area contributed by atoms with E-state index in [0.29, 0.717) is 23.7 Å². The Bertz CT molecular complexity index is 1220. The van der Waals surface area contributed by atoms with Crippen LogP contribution < -0.4 is 15.5 Å². The van der Waals surface area contributed by atoms with Gasteiger partial charge in [-0.15, -0.1) is 0 Å². The second-order valence-corrected chi connectivity index (χ2v) is 9.13. The van der Waals surface area contributed by atoms with Gasteiger partial charge < -0.3 is 10.1 Å². The Balaban J connectivity index is 1.35. The quantitative estimate of drug-likeness (QED) is 0.569. The van der Waals surface area contributed by atoms with Crippen molar-refractivity contribution < 1.29 is 22.8 Å². The van der Waals surface area contributed by atoms with Crippen LogP contribution in [0.3, 0.4) is 0 Å². The van der Waals surface area contributed by atoms with Gasteiger partial charge in [-0.25, -0.2) is 18.9 Å². The summed E-state index contributed by atoms with van der Waals surface area (Å²) < 4.78 is 28.6. The van der Waals surface area contributed by atoms with E-state index in [1.165, 1.54) is 18.3 Å². The largest absolute Gasteiger partial charge is 0.438 e. The van der Waals surface area contributed by atoms with Crippen LogP contribution in [-0.4, -0.2) is 25.6 Å². The average Bonchev–Trinajstić information content (AvgIpc) is 3.26. The van der Waals surface area contributed by atoms with Crippen LogP contribution in [0.25, 0.3) is 0 Å². The van der Waals surface area contributed by atoms with Gasteiger partial charge in [-0.05, 0) is 35.4 Å². The van der Waals surface area contributed by atoms with Crippen LogP contribution in [0.5, 0.6) is 5.75 Å². The highest BCUT2D eigenvalue weighted by Crippen LogP contribution is 2.26. The van der Waals surface area contributed by atoms with E-state index in [-0.39, 0.29) is 10.9 Å². The lowest BCUT2D eigenvalue weighted by atomic mass is 10.1. The molecule has 0 aliphatic carbocycles. The molecule has 0 fully saturated rings. The number of hydrogen-bond donors (Lipinski definition) is 2. The molecular formula is C23H21N3O5S. The molecule has 32 heavy (non-hydrogen) atoms. The van der Waals surface area contributed by atoms with Gasteiger partial charge in [0.1, 0.15) is 11.9 Å². The predicted octanol–water partition coefficient (Wildman–Crippen LogP) is 2.91. The van der Waals surface area contributed by atoms with Crippen molar-refractivity contribution in [1.82, 2.24) is 15.8 Å². The number of aromatic nitrogens is 1. The third-order valence-electron chi connectivity index (χ3n) is 4.70. The van der Waals surface area contributed by atoms with Gasteiger partial charge in [-0.2, -0.15) is 0 Å². The number of hydrogen-bond acceptors (Lipinski definition) is 7. The van der Waals surface area contributed by atoms with Gasteiger partial charge >= 0.3 is 0 Å². The van der Waals surface area contributed by atoms with Crippen molar-refractivity contribution in [3.05, 3.63) is 102 Å². The summed E-state index contributed by atoms with van der Waals surface area (Å²) >= 11 is 0. The first-order valence-corrected chi connectivity index (χ1v) is 11.7. The number of hydroxylamine groups is 1. The summed E-state index contributed by atoms with van der Waals surface area (Å²) in [7, 11) is -3.37. The van der Waals surface area contributed by atoms with Crippen molar-refractivity contribution in [2.24, 2.45) is 0 Å². The predicted molar refractivity (Wildman–Crippen MR) is 117 cm³/mol. The van der Waals surface area contributed by atoms with Gasteiger partial charge in [0.25, 0.3) is 5.91 Å². The zero-order valence-electron chi connectivity index (χ0n) is 17.2. The molecule has 0 saturated carbocycles. The fourth-order valence-electron chi connectivity index (χ4n) is 3.02. The minimum absolute atomic E-state index is 0.0276. The maximum Gasteiger partial charge on any atom is 0.251 e. The van der Waals surface area contributed by atoms with Crippen LogP contribution in [0, 0.1) is 0 Å². The molecule has 9 heteroatoms. The number of benzene rings is 2. The van der Waals surface area contributed by atoms with Crippen molar-refractivity contribution >= 4 is 15.7 Å². The number of carbonyl (C=O) groups is 1. The molecule has 4 rings (SSSR count). The third kappa shape index (κ3) is 5.32. The molecule has 2 heterocycles. The second kappa shape index (κ2) is 9.21. The molecule has 1 unspecified atom stereocenters. The first kappa shape index (κ1) is 21.5. The number of amides is 1. The Labute approximate surface area is 185 Å². The van der Waals surface area contributed by atoms with E-state index in [2.05, 4.69) is 15.8 Å². The molecule has 2 aromatic carbocycles. The highest BCUT2D eigenvalue weighted by atomic mass is 32.2. The van der Waals surface area contributed by atoms with E-state index in [0.717, 1.165) is 17.4 Å². The highest BCUT2D eigenvalue weighted by Gasteiger charge is 2.20. The summed E-state index contributed by atoms with van der Waals surface area (Å²) in [5.41, 5.74) is 5.10. The summed E-state index contributed by atoms with van der Waals surface area (Å²) in [5, 5.41) is 2.87. The Morgan fingerprint density at radius 1 is 1.09 bits per heavy atom. The first-order valence-electron chi connectivity index (χ1n) is 9.78. The zero-order valence-corrected chi connectivity index (χ0v) is 18.0. The number of carbonyl (C=O) groups excluding carboxylic acids is 1. The molecule has 1 amide bonds. The van der Waals surface area contributed by atoms with Crippen molar-refractivity contribution in [2.45, 2.75) is 17.7 Å². The molecule has 3 aromatic rings. The summed E-state index contributed by atoms with van der Waals surface area (Å²) in [6.07, 6.45) is 3.74. The van der Waals surface area contributed by atoms with E-state index in [1.807, 2.05) is 42.5 Å². The summed E-state index contributed by atoms with van der Waals surface area (Å²) in [6, 6.07) is 19.7. The second-order valence-electron chi connectivity index (χ2n) is 7.17. The lowest BCUT2D eigenvalue weighted by Gasteiger charge is -2.09. The normalized spacial score (nSPS) is 15.5. The Hall–Kier alpha value is -3.69. The van der Waals surface area contributed by atoms with Crippen molar-refractivity contribution in [1.29, 1.82) is 0 Å². The lowest BCUT2D eigenvalue weighted by molar-refractivity contribution is 0.0273. The molecular weight excluding hydrogens is 430 g/mol. The molecule has 1 aliphatic heterocycles. The molecule has 0 spiro atoms. The molecule has 0 saturated heterocycles. The van der Waals surface area contributed by atoms with Crippen molar-refractivity contribution in [3.63, 3.8) is 0 Å². The molecule has 1 aliphatic rings. The Morgan fingerprint density at radius 3 is 2.50 bits per heavy atom. The first-order chi connectivity index (χ1) is 15.4. The smallest absolute Gasteiger partial charge is 0.251 e. The topological polar surface area (TPSA) is 107 Å². The molecule has 8 nitrogen and oxygen atoms in total.